The number of carbonyl (C=O) groups is 1. The first-order chi connectivity index (χ1) is 8.65. The summed E-state index contributed by atoms with van der Waals surface area (Å²) in [7, 11) is 0. The molecule has 0 saturated heterocycles. The topological polar surface area (TPSA) is 29.1 Å². The molecule has 0 aromatic heterocycles. The van der Waals surface area contributed by atoms with Crippen molar-refractivity contribution in [2.75, 3.05) is 5.32 Å². The molecule has 2 aromatic rings. The number of benzene rings is 2. The van der Waals surface area contributed by atoms with E-state index in [9.17, 15) is 9.18 Å². The van der Waals surface area contributed by atoms with Gasteiger partial charge >= 0.3 is 0 Å². The fraction of sp³-hybridized carbons (Fsp3) is 0.0714. The fourth-order valence-electron chi connectivity index (χ4n) is 1.59. The molecule has 18 heavy (non-hydrogen) atoms. The van der Waals surface area contributed by atoms with Crippen molar-refractivity contribution >= 4 is 34.2 Å². The average molecular weight is 355 g/mol. The van der Waals surface area contributed by atoms with Crippen LogP contribution in [0.1, 0.15) is 5.56 Å². The van der Waals surface area contributed by atoms with Gasteiger partial charge in [-0.3, -0.25) is 4.79 Å². The highest BCUT2D eigenvalue weighted by Crippen LogP contribution is 2.13. The van der Waals surface area contributed by atoms with Gasteiger partial charge in [0.25, 0.3) is 0 Å². The Morgan fingerprint density at radius 1 is 1.17 bits per heavy atom. The lowest BCUT2D eigenvalue weighted by molar-refractivity contribution is -0.115. The van der Waals surface area contributed by atoms with Crippen LogP contribution in [-0.4, -0.2) is 5.91 Å². The number of halogens is 2. The second-order valence-electron chi connectivity index (χ2n) is 3.83. The standard InChI is InChI=1S/C14H11FINO/c15-13-7-2-1-4-10(13)8-14(18)17-12-6-3-5-11(16)9-12/h1-7,9H,8H2,(H,17,18). The third kappa shape index (κ3) is 3.53. The monoisotopic (exact) mass is 355 g/mol. The quantitative estimate of drug-likeness (QED) is 0.838. The molecule has 0 unspecified atom stereocenters. The number of anilines is 1. The van der Waals surface area contributed by atoms with E-state index in [1.54, 1.807) is 24.3 Å². The van der Waals surface area contributed by atoms with Crippen LogP contribution >= 0.6 is 22.6 Å². The maximum absolute atomic E-state index is 13.4. The summed E-state index contributed by atoms with van der Waals surface area (Å²) >= 11 is 2.17. The van der Waals surface area contributed by atoms with Crippen LogP contribution in [0.2, 0.25) is 0 Å². The van der Waals surface area contributed by atoms with Crippen molar-refractivity contribution in [3.05, 3.63) is 63.5 Å². The van der Waals surface area contributed by atoms with E-state index in [1.165, 1.54) is 6.07 Å². The highest BCUT2D eigenvalue weighted by molar-refractivity contribution is 14.1. The van der Waals surface area contributed by atoms with E-state index in [0.29, 0.717) is 5.56 Å². The summed E-state index contributed by atoms with van der Waals surface area (Å²) in [6, 6.07) is 13.8. The van der Waals surface area contributed by atoms with Gasteiger partial charge in [-0.25, -0.2) is 4.39 Å². The van der Waals surface area contributed by atoms with Gasteiger partial charge in [-0.2, -0.15) is 0 Å². The molecule has 0 spiro atoms. The van der Waals surface area contributed by atoms with Crippen LogP contribution in [0.5, 0.6) is 0 Å². The Morgan fingerprint density at radius 2 is 1.94 bits per heavy atom. The maximum atomic E-state index is 13.4. The largest absolute Gasteiger partial charge is 0.326 e. The van der Waals surface area contributed by atoms with Crippen LogP contribution in [0.4, 0.5) is 10.1 Å². The molecule has 4 heteroatoms. The SMILES string of the molecule is O=C(Cc1ccccc1F)Nc1cccc(I)c1. The molecular formula is C14H11FINO. The first kappa shape index (κ1) is 13.0. The van der Waals surface area contributed by atoms with E-state index in [4.69, 9.17) is 0 Å². The van der Waals surface area contributed by atoms with Gasteiger partial charge in [0.05, 0.1) is 6.42 Å². The van der Waals surface area contributed by atoms with Crippen LogP contribution < -0.4 is 5.32 Å². The number of carbonyl (C=O) groups excluding carboxylic acids is 1. The minimum Gasteiger partial charge on any atom is -0.326 e. The molecule has 2 nitrogen and oxygen atoms in total. The third-order valence-electron chi connectivity index (χ3n) is 2.42. The Labute approximate surface area is 118 Å². The fourth-order valence-corrected chi connectivity index (χ4v) is 2.13. The average Bonchev–Trinajstić information content (AvgIpc) is 2.32. The Bertz CT molecular complexity index is 571. The molecule has 1 N–H and O–H groups in total. The summed E-state index contributed by atoms with van der Waals surface area (Å²) in [4.78, 5) is 11.8. The first-order valence-corrected chi connectivity index (χ1v) is 6.52. The summed E-state index contributed by atoms with van der Waals surface area (Å²) in [6.45, 7) is 0. The second-order valence-corrected chi connectivity index (χ2v) is 5.07. The van der Waals surface area contributed by atoms with Gasteiger partial charge in [-0.05, 0) is 52.4 Å². The lowest BCUT2D eigenvalue weighted by Gasteiger charge is -2.06. The first-order valence-electron chi connectivity index (χ1n) is 5.44. The van der Waals surface area contributed by atoms with Gasteiger partial charge in [-0.15, -0.1) is 0 Å². The second kappa shape index (κ2) is 5.95. The van der Waals surface area contributed by atoms with Gasteiger partial charge in [0.2, 0.25) is 5.91 Å². The molecule has 0 saturated carbocycles. The Kier molecular flexibility index (Phi) is 4.30. The Morgan fingerprint density at radius 3 is 2.67 bits per heavy atom. The van der Waals surface area contributed by atoms with Crippen LogP contribution in [0.3, 0.4) is 0 Å². The predicted molar refractivity (Wildman–Crippen MR) is 77.9 cm³/mol. The summed E-state index contributed by atoms with van der Waals surface area (Å²) in [6.07, 6.45) is 0.0398. The minimum absolute atomic E-state index is 0.0398. The van der Waals surface area contributed by atoms with Gasteiger partial charge in [0.15, 0.2) is 0 Å². The van der Waals surface area contributed by atoms with Crippen molar-refractivity contribution in [2.24, 2.45) is 0 Å². The van der Waals surface area contributed by atoms with E-state index < -0.39 is 0 Å². The zero-order valence-electron chi connectivity index (χ0n) is 9.49. The van der Waals surface area contributed by atoms with Gasteiger partial charge in [0, 0.05) is 9.26 Å². The smallest absolute Gasteiger partial charge is 0.228 e. The lowest BCUT2D eigenvalue weighted by atomic mass is 10.1. The number of amides is 1. The van der Waals surface area contributed by atoms with E-state index >= 15 is 0 Å². The summed E-state index contributed by atoms with van der Waals surface area (Å²) < 4.78 is 14.4. The Hall–Kier alpha value is -1.43. The zero-order chi connectivity index (χ0) is 13.0. The molecule has 0 heterocycles. The molecule has 1 amide bonds. The van der Waals surface area contributed by atoms with Crippen molar-refractivity contribution in [3.63, 3.8) is 0 Å². The number of hydrogen-bond acceptors (Lipinski definition) is 1. The number of hydrogen-bond donors (Lipinski definition) is 1. The third-order valence-corrected chi connectivity index (χ3v) is 3.09. The molecule has 2 aromatic carbocycles. The molecule has 2 rings (SSSR count). The van der Waals surface area contributed by atoms with Gasteiger partial charge < -0.3 is 5.32 Å². The molecule has 0 fully saturated rings. The van der Waals surface area contributed by atoms with E-state index in [-0.39, 0.29) is 18.1 Å². The molecular weight excluding hydrogens is 344 g/mol. The van der Waals surface area contributed by atoms with Gasteiger partial charge in [-0.1, -0.05) is 24.3 Å². The highest BCUT2D eigenvalue weighted by atomic mass is 127. The summed E-state index contributed by atoms with van der Waals surface area (Å²) in [5.74, 6) is -0.572. The van der Waals surface area contributed by atoms with Crippen molar-refractivity contribution in [3.8, 4) is 0 Å². The Balaban J connectivity index is 2.03. The molecule has 0 aliphatic heterocycles. The van der Waals surface area contributed by atoms with E-state index in [1.807, 2.05) is 18.2 Å². The highest BCUT2D eigenvalue weighted by Gasteiger charge is 2.07. The van der Waals surface area contributed by atoms with Crippen LogP contribution in [-0.2, 0) is 11.2 Å². The van der Waals surface area contributed by atoms with Crippen molar-refractivity contribution in [1.29, 1.82) is 0 Å². The van der Waals surface area contributed by atoms with Crippen molar-refractivity contribution in [2.45, 2.75) is 6.42 Å². The molecule has 0 aliphatic carbocycles. The van der Waals surface area contributed by atoms with Crippen LogP contribution in [0.15, 0.2) is 48.5 Å². The summed E-state index contributed by atoms with van der Waals surface area (Å²) in [5.41, 5.74) is 1.13. The van der Waals surface area contributed by atoms with E-state index in [0.717, 1.165) is 9.26 Å². The van der Waals surface area contributed by atoms with Crippen molar-refractivity contribution < 1.29 is 9.18 Å². The van der Waals surface area contributed by atoms with Crippen LogP contribution in [0, 0.1) is 9.39 Å². The summed E-state index contributed by atoms with van der Waals surface area (Å²) in [5, 5.41) is 2.75. The molecule has 0 bridgehead atoms. The lowest BCUT2D eigenvalue weighted by Crippen LogP contribution is -2.15. The normalized spacial score (nSPS) is 10.1. The molecule has 0 aliphatic rings. The minimum atomic E-state index is -0.352. The molecule has 0 atom stereocenters. The van der Waals surface area contributed by atoms with Gasteiger partial charge in [0.1, 0.15) is 5.82 Å². The van der Waals surface area contributed by atoms with Crippen LogP contribution in [0.25, 0.3) is 0 Å². The maximum Gasteiger partial charge on any atom is 0.228 e. The number of nitrogens with one attached hydrogen (secondary N) is 1. The van der Waals surface area contributed by atoms with E-state index in [2.05, 4.69) is 27.9 Å². The molecule has 0 radical (unpaired) electrons. The van der Waals surface area contributed by atoms with Crippen molar-refractivity contribution in [1.82, 2.24) is 0 Å². The zero-order valence-corrected chi connectivity index (χ0v) is 11.6. The molecule has 92 valence electrons. The number of rotatable bonds is 3. The predicted octanol–water partition coefficient (Wildman–Crippen LogP) is 3.61.